The summed E-state index contributed by atoms with van der Waals surface area (Å²) < 4.78 is 0.595. The number of halogens is 1. The molecular formula is C7H5BrN4O. The molecule has 0 spiro atoms. The SMILES string of the molecule is Nc1ncc2c(C=O)c(Br)[nH]c2n1. The molecular weight excluding hydrogens is 236 g/mol. The second-order valence-corrected chi connectivity index (χ2v) is 3.25. The molecule has 0 amide bonds. The van der Waals surface area contributed by atoms with Crippen molar-refractivity contribution in [2.24, 2.45) is 0 Å². The normalized spacial score (nSPS) is 10.5. The predicted molar refractivity (Wildman–Crippen MR) is 51.4 cm³/mol. The van der Waals surface area contributed by atoms with Crippen molar-refractivity contribution in [1.29, 1.82) is 0 Å². The highest BCUT2D eigenvalue weighted by Gasteiger charge is 2.09. The number of H-pyrrole nitrogens is 1. The van der Waals surface area contributed by atoms with Crippen LogP contribution in [0.25, 0.3) is 11.0 Å². The predicted octanol–water partition coefficient (Wildman–Crippen LogP) is 1.12. The number of hydrogen-bond acceptors (Lipinski definition) is 4. The summed E-state index contributed by atoms with van der Waals surface area (Å²) in [5, 5.41) is 0.663. The number of carbonyl (C=O) groups excluding carboxylic acids is 1. The Morgan fingerprint density at radius 1 is 1.62 bits per heavy atom. The van der Waals surface area contributed by atoms with E-state index in [1.54, 1.807) is 0 Å². The van der Waals surface area contributed by atoms with Crippen molar-refractivity contribution in [2.75, 3.05) is 5.73 Å². The van der Waals surface area contributed by atoms with Gasteiger partial charge in [-0.2, -0.15) is 4.98 Å². The second-order valence-electron chi connectivity index (χ2n) is 2.46. The molecule has 13 heavy (non-hydrogen) atoms. The van der Waals surface area contributed by atoms with Gasteiger partial charge in [-0.1, -0.05) is 0 Å². The Morgan fingerprint density at radius 2 is 2.38 bits per heavy atom. The Kier molecular flexibility index (Phi) is 1.77. The van der Waals surface area contributed by atoms with E-state index in [1.165, 1.54) is 6.20 Å². The molecule has 0 aliphatic carbocycles. The van der Waals surface area contributed by atoms with Crippen LogP contribution >= 0.6 is 15.9 Å². The van der Waals surface area contributed by atoms with E-state index >= 15 is 0 Å². The molecule has 0 unspecified atom stereocenters. The van der Waals surface area contributed by atoms with Crippen molar-refractivity contribution in [3.05, 3.63) is 16.4 Å². The lowest BCUT2D eigenvalue weighted by molar-refractivity contribution is 0.112. The highest BCUT2D eigenvalue weighted by molar-refractivity contribution is 9.10. The maximum atomic E-state index is 10.7. The molecule has 0 aliphatic rings. The van der Waals surface area contributed by atoms with E-state index in [2.05, 4.69) is 30.9 Å². The van der Waals surface area contributed by atoms with E-state index in [9.17, 15) is 4.79 Å². The van der Waals surface area contributed by atoms with Gasteiger partial charge in [-0.25, -0.2) is 4.98 Å². The van der Waals surface area contributed by atoms with Gasteiger partial charge in [-0.3, -0.25) is 4.79 Å². The van der Waals surface area contributed by atoms with Crippen molar-refractivity contribution in [3.8, 4) is 0 Å². The van der Waals surface area contributed by atoms with Crippen LogP contribution in [-0.2, 0) is 0 Å². The van der Waals surface area contributed by atoms with Gasteiger partial charge in [0.1, 0.15) is 5.65 Å². The van der Waals surface area contributed by atoms with Gasteiger partial charge in [-0.05, 0) is 15.9 Å². The molecule has 0 saturated carbocycles. The number of carbonyl (C=O) groups is 1. The zero-order valence-electron chi connectivity index (χ0n) is 6.41. The largest absolute Gasteiger partial charge is 0.368 e. The Morgan fingerprint density at radius 3 is 3.08 bits per heavy atom. The number of aromatic nitrogens is 3. The molecule has 0 bridgehead atoms. The Balaban J connectivity index is 2.86. The molecule has 0 radical (unpaired) electrons. The van der Waals surface area contributed by atoms with Gasteiger partial charge in [0.25, 0.3) is 0 Å². The van der Waals surface area contributed by atoms with Crippen molar-refractivity contribution in [3.63, 3.8) is 0 Å². The first kappa shape index (κ1) is 8.18. The summed E-state index contributed by atoms with van der Waals surface area (Å²) in [5.74, 6) is 0.179. The zero-order valence-corrected chi connectivity index (χ0v) is 8.00. The van der Waals surface area contributed by atoms with Gasteiger partial charge in [0, 0.05) is 11.6 Å². The van der Waals surface area contributed by atoms with Crippen LogP contribution in [0.2, 0.25) is 0 Å². The van der Waals surface area contributed by atoms with E-state index in [0.717, 1.165) is 6.29 Å². The average molecular weight is 241 g/mol. The number of rotatable bonds is 1. The number of hydrogen-bond donors (Lipinski definition) is 2. The first-order valence-corrected chi connectivity index (χ1v) is 4.26. The minimum atomic E-state index is 0.179. The first-order valence-electron chi connectivity index (χ1n) is 3.47. The monoisotopic (exact) mass is 240 g/mol. The maximum Gasteiger partial charge on any atom is 0.221 e. The van der Waals surface area contributed by atoms with Crippen LogP contribution in [0.1, 0.15) is 10.4 Å². The topological polar surface area (TPSA) is 84.7 Å². The third-order valence-electron chi connectivity index (χ3n) is 1.68. The number of nitrogens with one attached hydrogen (secondary N) is 1. The quantitative estimate of drug-likeness (QED) is 0.732. The lowest BCUT2D eigenvalue weighted by atomic mass is 10.3. The Bertz CT molecular complexity index is 479. The molecule has 3 N–H and O–H groups in total. The number of aromatic amines is 1. The van der Waals surface area contributed by atoms with Crippen LogP contribution in [0.15, 0.2) is 10.8 Å². The lowest BCUT2D eigenvalue weighted by Crippen LogP contribution is -1.93. The molecule has 2 heterocycles. The number of fused-ring (bicyclic) bond motifs is 1. The molecule has 2 aromatic heterocycles. The number of nitrogens with zero attached hydrogens (tertiary/aromatic N) is 2. The van der Waals surface area contributed by atoms with E-state index < -0.39 is 0 Å². The van der Waals surface area contributed by atoms with E-state index in [-0.39, 0.29) is 5.95 Å². The van der Waals surface area contributed by atoms with Gasteiger partial charge < -0.3 is 10.7 Å². The zero-order chi connectivity index (χ0) is 9.42. The van der Waals surface area contributed by atoms with E-state index in [1.807, 2.05) is 0 Å². The molecule has 0 atom stereocenters. The molecule has 0 aromatic carbocycles. The molecule has 66 valence electrons. The molecule has 0 saturated heterocycles. The van der Waals surface area contributed by atoms with Gasteiger partial charge in [0.05, 0.1) is 10.2 Å². The number of nitrogen functional groups attached to an aromatic ring is 1. The third-order valence-corrected chi connectivity index (χ3v) is 2.31. The summed E-state index contributed by atoms with van der Waals surface area (Å²) in [6.45, 7) is 0. The maximum absolute atomic E-state index is 10.7. The van der Waals surface area contributed by atoms with Crippen LogP contribution in [0.4, 0.5) is 5.95 Å². The Labute approximate surface area is 81.5 Å². The highest BCUT2D eigenvalue weighted by atomic mass is 79.9. The number of anilines is 1. The number of aldehydes is 1. The third kappa shape index (κ3) is 1.19. The molecule has 6 heteroatoms. The Hall–Kier alpha value is -1.43. The molecule has 0 fully saturated rings. The minimum absolute atomic E-state index is 0.179. The first-order chi connectivity index (χ1) is 6.22. The fraction of sp³-hybridized carbons (Fsp3) is 0. The van der Waals surface area contributed by atoms with Gasteiger partial charge in [-0.15, -0.1) is 0 Å². The molecule has 2 aromatic rings. The van der Waals surface area contributed by atoms with Crippen LogP contribution < -0.4 is 5.73 Å². The van der Waals surface area contributed by atoms with Crippen molar-refractivity contribution in [1.82, 2.24) is 15.0 Å². The fourth-order valence-corrected chi connectivity index (χ4v) is 1.59. The summed E-state index contributed by atoms with van der Waals surface area (Å²) >= 11 is 3.20. The van der Waals surface area contributed by atoms with Gasteiger partial charge in [0.15, 0.2) is 6.29 Å². The van der Waals surface area contributed by atoms with Crippen LogP contribution in [0.5, 0.6) is 0 Å². The molecule has 2 rings (SSSR count). The average Bonchev–Trinajstić information content (AvgIpc) is 2.39. The van der Waals surface area contributed by atoms with Crippen LogP contribution in [0, 0.1) is 0 Å². The summed E-state index contributed by atoms with van der Waals surface area (Å²) in [5.41, 5.74) is 6.44. The van der Waals surface area contributed by atoms with Crippen molar-refractivity contribution in [2.45, 2.75) is 0 Å². The standard InChI is InChI=1S/C7H5BrN4O/c8-5-4(2-13)3-1-10-7(9)12-6(3)11-5/h1-2H,(H3,9,10,11,12). The van der Waals surface area contributed by atoms with E-state index in [4.69, 9.17) is 5.73 Å². The molecule has 0 aliphatic heterocycles. The fourth-order valence-electron chi connectivity index (χ4n) is 1.09. The van der Waals surface area contributed by atoms with Crippen LogP contribution in [0.3, 0.4) is 0 Å². The van der Waals surface area contributed by atoms with Gasteiger partial charge >= 0.3 is 0 Å². The summed E-state index contributed by atoms with van der Waals surface area (Å²) in [6.07, 6.45) is 2.26. The highest BCUT2D eigenvalue weighted by Crippen LogP contribution is 2.23. The van der Waals surface area contributed by atoms with E-state index in [0.29, 0.717) is 21.2 Å². The van der Waals surface area contributed by atoms with Crippen LogP contribution in [-0.4, -0.2) is 21.2 Å². The van der Waals surface area contributed by atoms with Crippen molar-refractivity contribution < 1.29 is 4.79 Å². The minimum Gasteiger partial charge on any atom is -0.368 e. The summed E-state index contributed by atoms with van der Waals surface area (Å²) in [7, 11) is 0. The molecule has 5 nitrogen and oxygen atoms in total. The summed E-state index contributed by atoms with van der Waals surface area (Å²) in [4.78, 5) is 21.2. The smallest absolute Gasteiger partial charge is 0.221 e. The number of nitrogens with two attached hydrogens (primary N) is 1. The van der Waals surface area contributed by atoms with Gasteiger partial charge in [0.2, 0.25) is 5.95 Å². The van der Waals surface area contributed by atoms with Crippen molar-refractivity contribution >= 4 is 39.2 Å². The lowest BCUT2D eigenvalue weighted by Gasteiger charge is -1.90. The summed E-state index contributed by atoms with van der Waals surface area (Å²) in [6, 6.07) is 0. The second kappa shape index (κ2) is 2.81.